The van der Waals surface area contributed by atoms with Crippen molar-refractivity contribution in [2.75, 3.05) is 0 Å². The van der Waals surface area contributed by atoms with Gasteiger partial charge in [0.05, 0.1) is 5.56 Å². The molecule has 98 valence electrons. The maximum Gasteiger partial charge on any atom is 0.336 e. The van der Waals surface area contributed by atoms with Gasteiger partial charge in [0.2, 0.25) is 0 Å². The number of hydrogen-bond donors (Lipinski definition) is 1. The van der Waals surface area contributed by atoms with E-state index < -0.39 is 5.97 Å². The fraction of sp³-hybridized carbons (Fsp3) is 0.0556. The van der Waals surface area contributed by atoms with E-state index in [0.29, 0.717) is 5.56 Å². The molecule has 0 amide bonds. The molecule has 0 radical (unpaired) electrons. The highest BCUT2D eigenvalue weighted by Crippen LogP contribution is 2.31. The van der Waals surface area contributed by atoms with E-state index in [1.165, 1.54) is 0 Å². The van der Waals surface area contributed by atoms with Crippen molar-refractivity contribution in [1.29, 1.82) is 0 Å². The molecule has 0 aliphatic carbocycles. The van der Waals surface area contributed by atoms with Gasteiger partial charge in [0.1, 0.15) is 0 Å². The molecule has 3 rings (SSSR count). The molecule has 0 atom stereocenters. The summed E-state index contributed by atoms with van der Waals surface area (Å²) in [6, 6.07) is 19.5. The van der Waals surface area contributed by atoms with Gasteiger partial charge in [0.25, 0.3) is 0 Å². The number of carboxylic acids is 1. The van der Waals surface area contributed by atoms with Crippen LogP contribution in [0.3, 0.4) is 0 Å². The molecule has 0 aromatic heterocycles. The minimum Gasteiger partial charge on any atom is -0.478 e. The van der Waals surface area contributed by atoms with Crippen molar-refractivity contribution in [2.24, 2.45) is 0 Å². The number of aromatic carboxylic acids is 1. The van der Waals surface area contributed by atoms with Gasteiger partial charge in [0.15, 0.2) is 0 Å². The molecule has 0 spiro atoms. The molecule has 0 aliphatic rings. The topological polar surface area (TPSA) is 37.3 Å². The van der Waals surface area contributed by atoms with E-state index in [1.54, 1.807) is 6.07 Å². The predicted octanol–water partition coefficient (Wildman–Crippen LogP) is 4.51. The van der Waals surface area contributed by atoms with Gasteiger partial charge in [0, 0.05) is 0 Å². The molecule has 0 fully saturated rings. The van der Waals surface area contributed by atoms with Crippen LogP contribution < -0.4 is 0 Å². The third-order valence-electron chi connectivity index (χ3n) is 3.49. The van der Waals surface area contributed by atoms with Crippen LogP contribution in [-0.4, -0.2) is 11.1 Å². The monoisotopic (exact) mass is 262 g/mol. The molecule has 0 heterocycles. The van der Waals surface area contributed by atoms with Gasteiger partial charge in [-0.1, -0.05) is 60.2 Å². The number of rotatable bonds is 2. The minimum absolute atomic E-state index is 0.348. The van der Waals surface area contributed by atoms with Gasteiger partial charge in [-0.3, -0.25) is 0 Å². The number of carbonyl (C=O) groups is 1. The molecule has 0 saturated heterocycles. The highest BCUT2D eigenvalue weighted by Gasteiger charge is 2.13. The van der Waals surface area contributed by atoms with Gasteiger partial charge >= 0.3 is 5.97 Å². The van der Waals surface area contributed by atoms with Crippen molar-refractivity contribution in [3.05, 3.63) is 71.8 Å². The van der Waals surface area contributed by atoms with Gasteiger partial charge in [-0.15, -0.1) is 0 Å². The summed E-state index contributed by atoms with van der Waals surface area (Å²) in [5.74, 6) is -0.892. The fourth-order valence-corrected chi connectivity index (χ4v) is 2.53. The Hall–Kier alpha value is -2.61. The Labute approximate surface area is 117 Å². The first kappa shape index (κ1) is 12.4. The lowest BCUT2D eigenvalue weighted by atomic mass is 9.93. The SMILES string of the molecule is Cc1ccc(-c2cccc3ccccc23)c(C(=O)O)c1. The first-order chi connectivity index (χ1) is 9.66. The Morgan fingerprint density at radius 3 is 2.45 bits per heavy atom. The highest BCUT2D eigenvalue weighted by atomic mass is 16.4. The van der Waals surface area contributed by atoms with Crippen LogP contribution in [0.2, 0.25) is 0 Å². The van der Waals surface area contributed by atoms with Crippen LogP contribution in [-0.2, 0) is 0 Å². The molecule has 1 N–H and O–H groups in total. The van der Waals surface area contributed by atoms with Crippen LogP contribution in [0.5, 0.6) is 0 Å². The Balaban J connectivity index is 2.34. The van der Waals surface area contributed by atoms with Crippen LogP contribution >= 0.6 is 0 Å². The van der Waals surface area contributed by atoms with E-state index in [2.05, 4.69) is 0 Å². The maximum absolute atomic E-state index is 11.5. The molecule has 2 heteroatoms. The molecule has 0 bridgehead atoms. The summed E-state index contributed by atoms with van der Waals surface area (Å²) in [6.45, 7) is 1.90. The van der Waals surface area contributed by atoms with Crippen LogP contribution in [0.15, 0.2) is 60.7 Å². The van der Waals surface area contributed by atoms with E-state index in [-0.39, 0.29) is 0 Å². The quantitative estimate of drug-likeness (QED) is 0.737. The molecule has 3 aromatic carbocycles. The summed E-state index contributed by atoms with van der Waals surface area (Å²) in [5, 5.41) is 11.6. The van der Waals surface area contributed by atoms with Gasteiger partial charge in [-0.05, 0) is 34.9 Å². The van der Waals surface area contributed by atoms with E-state index >= 15 is 0 Å². The second kappa shape index (κ2) is 4.82. The summed E-state index contributed by atoms with van der Waals surface area (Å²) < 4.78 is 0. The molecule has 0 saturated carbocycles. The van der Waals surface area contributed by atoms with Gasteiger partial charge in [-0.2, -0.15) is 0 Å². The van der Waals surface area contributed by atoms with E-state index in [9.17, 15) is 9.90 Å². The fourth-order valence-electron chi connectivity index (χ4n) is 2.53. The summed E-state index contributed by atoms with van der Waals surface area (Å²) in [5.41, 5.74) is 3.02. The standard InChI is InChI=1S/C18H14O2/c1-12-9-10-16(17(11-12)18(19)20)15-8-4-6-13-5-2-3-7-14(13)15/h2-11H,1H3,(H,19,20). The number of fused-ring (bicyclic) bond motifs is 1. The number of aryl methyl sites for hydroxylation is 1. The summed E-state index contributed by atoms with van der Waals surface area (Å²) in [4.78, 5) is 11.5. The molecular weight excluding hydrogens is 248 g/mol. The van der Waals surface area contributed by atoms with Crippen molar-refractivity contribution in [1.82, 2.24) is 0 Å². The maximum atomic E-state index is 11.5. The van der Waals surface area contributed by atoms with E-state index in [0.717, 1.165) is 27.5 Å². The zero-order valence-corrected chi connectivity index (χ0v) is 11.1. The lowest BCUT2D eigenvalue weighted by Gasteiger charge is -2.10. The Morgan fingerprint density at radius 1 is 0.900 bits per heavy atom. The zero-order chi connectivity index (χ0) is 14.1. The zero-order valence-electron chi connectivity index (χ0n) is 11.1. The Bertz CT molecular complexity index is 798. The molecule has 2 nitrogen and oxygen atoms in total. The van der Waals surface area contributed by atoms with E-state index in [4.69, 9.17) is 0 Å². The first-order valence-corrected chi connectivity index (χ1v) is 6.49. The number of benzene rings is 3. The predicted molar refractivity (Wildman–Crippen MR) is 81.1 cm³/mol. The molecule has 0 aliphatic heterocycles. The van der Waals surface area contributed by atoms with Crippen molar-refractivity contribution < 1.29 is 9.90 Å². The van der Waals surface area contributed by atoms with Gasteiger partial charge < -0.3 is 5.11 Å². The van der Waals surface area contributed by atoms with Crippen molar-refractivity contribution >= 4 is 16.7 Å². The second-order valence-electron chi connectivity index (χ2n) is 4.88. The normalized spacial score (nSPS) is 10.7. The second-order valence-corrected chi connectivity index (χ2v) is 4.88. The Kier molecular flexibility index (Phi) is 2.99. The van der Waals surface area contributed by atoms with Crippen LogP contribution in [0, 0.1) is 6.92 Å². The number of carboxylic acid groups (broad SMARTS) is 1. The first-order valence-electron chi connectivity index (χ1n) is 6.49. The summed E-state index contributed by atoms with van der Waals surface area (Å²) >= 11 is 0. The average molecular weight is 262 g/mol. The van der Waals surface area contributed by atoms with Crippen LogP contribution in [0.25, 0.3) is 21.9 Å². The minimum atomic E-state index is -0.892. The van der Waals surface area contributed by atoms with Crippen LogP contribution in [0.1, 0.15) is 15.9 Å². The highest BCUT2D eigenvalue weighted by molar-refractivity contribution is 6.03. The van der Waals surface area contributed by atoms with Crippen LogP contribution in [0.4, 0.5) is 0 Å². The lowest BCUT2D eigenvalue weighted by molar-refractivity contribution is 0.0697. The molecular formula is C18H14O2. The molecule has 0 unspecified atom stereocenters. The van der Waals surface area contributed by atoms with Crippen molar-refractivity contribution in [3.8, 4) is 11.1 Å². The van der Waals surface area contributed by atoms with Crippen molar-refractivity contribution in [3.63, 3.8) is 0 Å². The lowest BCUT2D eigenvalue weighted by Crippen LogP contribution is -2.00. The molecule has 3 aromatic rings. The summed E-state index contributed by atoms with van der Waals surface area (Å²) in [7, 11) is 0. The average Bonchev–Trinajstić information content (AvgIpc) is 2.46. The van der Waals surface area contributed by atoms with Gasteiger partial charge in [-0.25, -0.2) is 4.79 Å². The van der Waals surface area contributed by atoms with Crippen molar-refractivity contribution in [2.45, 2.75) is 6.92 Å². The third-order valence-corrected chi connectivity index (χ3v) is 3.49. The number of hydrogen-bond acceptors (Lipinski definition) is 1. The Morgan fingerprint density at radius 2 is 1.65 bits per heavy atom. The van der Waals surface area contributed by atoms with E-state index in [1.807, 2.05) is 61.5 Å². The third kappa shape index (κ3) is 2.05. The smallest absolute Gasteiger partial charge is 0.336 e. The molecule has 20 heavy (non-hydrogen) atoms. The largest absolute Gasteiger partial charge is 0.478 e. The summed E-state index contributed by atoms with van der Waals surface area (Å²) in [6.07, 6.45) is 0.